The van der Waals surface area contributed by atoms with Crippen LogP contribution in [0.3, 0.4) is 0 Å². The van der Waals surface area contributed by atoms with Gasteiger partial charge in [0.05, 0.1) is 6.54 Å². The van der Waals surface area contributed by atoms with Gasteiger partial charge in [-0.25, -0.2) is 4.79 Å². The normalized spacial score (nSPS) is 11.8. The molecule has 4 N–H and O–H groups in total. The van der Waals surface area contributed by atoms with Crippen molar-refractivity contribution in [3.05, 3.63) is 35.9 Å². The van der Waals surface area contributed by atoms with E-state index in [1.165, 1.54) is 0 Å². The third-order valence-electron chi connectivity index (χ3n) is 2.52. The molecule has 0 fully saturated rings. The monoisotopic (exact) mass is 293 g/mol. The molecule has 1 aromatic rings. The van der Waals surface area contributed by atoms with Crippen molar-refractivity contribution >= 4 is 17.9 Å². The molecule has 0 radical (unpaired) electrons. The van der Waals surface area contributed by atoms with Crippen LogP contribution in [-0.4, -0.2) is 35.6 Å². The largest absolute Gasteiger partial charge is 0.480 e. The van der Waals surface area contributed by atoms with Crippen molar-refractivity contribution < 1.29 is 19.5 Å². The number of carboxylic acid groups (broad SMARTS) is 1. The lowest BCUT2D eigenvalue weighted by Gasteiger charge is -2.15. The first-order valence-corrected chi connectivity index (χ1v) is 6.51. The lowest BCUT2D eigenvalue weighted by molar-refractivity contribution is -0.139. The number of rotatable bonds is 6. The first kappa shape index (κ1) is 16.6. The first-order chi connectivity index (χ1) is 9.90. The second kappa shape index (κ2) is 8.01. The highest BCUT2D eigenvalue weighted by Gasteiger charge is 2.20. The average molecular weight is 293 g/mol. The number of amides is 3. The van der Waals surface area contributed by atoms with Gasteiger partial charge in [0.15, 0.2) is 0 Å². The van der Waals surface area contributed by atoms with Crippen LogP contribution in [0.4, 0.5) is 4.79 Å². The van der Waals surface area contributed by atoms with Crippen LogP contribution in [0.15, 0.2) is 30.3 Å². The second-order valence-electron chi connectivity index (χ2n) is 4.74. The quantitative estimate of drug-likeness (QED) is 0.615. The minimum atomic E-state index is -1.10. The van der Waals surface area contributed by atoms with Crippen molar-refractivity contribution in [1.82, 2.24) is 16.0 Å². The lowest BCUT2D eigenvalue weighted by atomic mass is 10.1. The highest BCUT2D eigenvalue weighted by atomic mass is 16.4. The number of aliphatic carboxylic acids is 1. The fourth-order valence-corrected chi connectivity index (χ4v) is 1.66. The topological polar surface area (TPSA) is 108 Å². The van der Waals surface area contributed by atoms with E-state index in [1.54, 1.807) is 44.2 Å². The van der Waals surface area contributed by atoms with Crippen molar-refractivity contribution in [1.29, 1.82) is 0 Å². The van der Waals surface area contributed by atoms with Crippen LogP contribution < -0.4 is 16.0 Å². The van der Waals surface area contributed by atoms with Gasteiger partial charge in [-0.05, 0) is 19.4 Å². The standard InChI is InChI=1S/C14H19N3O4/c1-9(2)16-14(21)17-11(18)8-15-12(13(19)20)10-6-4-3-5-7-10/h3-7,9,12,15H,8H2,1-2H3,(H,19,20)(H2,16,17,18,21). The van der Waals surface area contributed by atoms with Crippen molar-refractivity contribution in [2.24, 2.45) is 0 Å². The van der Waals surface area contributed by atoms with Crippen LogP contribution in [0, 0.1) is 0 Å². The molecule has 0 aliphatic rings. The molecule has 114 valence electrons. The molecule has 0 heterocycles. The van der Waals surface area contributed by atoms with Gasteiger partial charge >= 0.3 is 12.0 Å². The summed E-state index contributed by atoms with van der Waals surface area (Å²) >= 11 is 0. The van der Waals surface area contributed by atoms with Gasteiger partial charge in [-0.2, -0.15) is 0 Å². The van der Waals surface area contributed by atoms with E-state index in [2.05, 4.69) is 16.0 Å². The summed E-state index contributed by atoms with van der Waals surface area (Å²) in [4.78, 5) is 34.1. The SMILES string of the molecule is CC(C)NC(=O)NC(=O)CNC(C(=O)O)c1ccccc1. The Kier molecular flexibility index (Phi) is 6.35. The molecule has 0 saturated carbocycles. The highest BCUT2D eigenvalue weighted by molar-refractivity contribution is 5.95. The number of hydrogen-bond acceptors (Lipinski definition) is 4. The van der Waals surface area contributed by atoms with Crippen molar-refractivity contribution in [2.75, 3.05) is 6.54 Å². The van der Waals surface area contributed by atoms with Crippen LogP contribution in [0.1, 0.15) is 25.5 Å². The Hall–Kier alpha value is -2.41. The molecule has 7 nitrogen and oxygen atoms in total. The van der Waals surface area contributed by atoms with Crippen LogP contribution in [0.5, 0.6) is 0 Å². The maximum absolute atomic E-state index is 11.6. The maximum Gasteiger partial charge on any atom is 0.325 e. The smallest absolute Gasteiger partial charge is 0.325 e. The fourth-order valence-electron chi connectivity index (χ4n) is 1.66. The van der Waals surface area contributed by atoms with Crippen LogP contribution >= 0.6 is 0 Å². The molecule has 1 atom stereocenters. The van der Waals surface area contributed by atoms with E-state index in [0.717, 1.165) is 0 Å². The third kappa shape index (κ3) is 6.05. The van der Waals surface area contributed by atoms with Crippen LogP contribution in [0.2, 0.25) is 0 Å². The molecular weight excluding hydrogens is 274 g/mol. The first-order valence-electron chi connectivity index (χ1n) is 6.51. The van der Waals surface area contributed by atoms with E-state index in [0.29, 0.717) is 5.56 Å². The summed E-state index contributed by atoms with van der Waals surface area (Å²) in [6, 6.07) is 6.78. The van der Waals surface area contributed by atoms with Gasteiger partial charge in [0.1, 0.15) is 6.04 Å². The zero-order valence-corrected chi connectivity index (χ0v) is 11.9. The van der Waals surface area contributed by atoms with Crippen LogP contribution in [0.25, 0.3) is 0 Å². The summed E-state index contributed by atoms with van der Waals surface area (Å²) < 4.78 is 0. The van der Waals surface area contributed by atoms with E-state index in [4.69, 9.17) is 5.11 Å². The molecule has 7 heteroatoms. The molecule has 0 aliphatic heterocycles. The molecule has 0 aromatic heterocycles. The predicted molar refractivity (Wildman–Crippen MR) is 76.6 cm³/mol. The Morgan fingerprint density at radius 3 is 2.29 bits per heavy atom. The number of carbonyl (C=O) groups is 3. The zero-order chi connectivity index (χ0) is 15.8. The molecule has 21 heavy (non-hydrogen) atoms. The van der Waals surface area contributed by atoms with Gasteiger partial charge in [-0.15, -0.1) is 0 Å². The summed E-state index contributed by atoms with van der Waals surface area (Å²) in [5.41, 5.74) is 0.532. The Morgan fingerprint density at radius 1 is 1.14 bits per heavy atom. The van der Waals surface area contributed by atoms with Crippen molar-refractivity contribution in [3.8, 4) is 0 Å². The maximum atomic E-state index is 11.6. The molecule has 0 bridgehead atoms. The summed E-state index contributed by atoms with van der Waals surface area (Å²) in [5.74, 6) is -1.70. The van der Waals surface area contributed by atoms with Gasteiger partial charge in [0.25, 0.3) is 0 Å². The van der Waals surface area contributed by atoms with Gasteiger partial charge in [-0.3, -0.25) is 20.2 Å². The molecule has 0 aliphatic carbocycles. The molecule has 0 saturated heterocycles. The number of hydrogen-bond donors (Lipinski definition) is 4. The minimum Gasteiger partial charge on any atom is -0.480 e. The summed E-state index contributed by atoms with van der Waals surface area (Å²) in [6.45, 7) is 3.24. The number of carbonyl (C=O) groups excluding carboxylic acids is 2. The van der Waals surface area contributed by atoms with E-state index >= 15 is 0 Å². The fraction of sp³-hybridized carbons (Fsp3) is 0.357. The van der Waals surface area contributed by atoms with Gasteiger partial charge in [0.2, 0.25) is 5.91 Å². The van der Waals surface area contributed by atoms with E-state index in [9.17, 15) is 14.4 Å². The second-order valence-corrected chi connectivity index (χ2v) is 4.74. The summed E-state index contributed by atoms with van der Waals surface area (Å²) in [6.07, 6.45) is 0. The predicted octanol–water partition coefficient (Wildman–Crippen LogP) is 0.636. The molecule has 1 aromatic carbocycles. The van der Waals surface area contributed by atoms with Gasteiger partial charge in [0, 0.05) is 6.04 Å². The number of imide groups is 1. The Labute approximate surface area is 122 Å². The Balaban J connectivity index is 2.53. The molecule has 3 amide bonds. The Morgan fingerprint density at radius 2 is 1.76 bits per heavy atom. The van der Waals surface area contributed by atoms with Crippen molar-refractivity contribution in [3.63, 3.8) is 0 Å². The van der Waals surface area contributed by atoms with E-state index in [1.807, 2.05) is 0 Å². The van der Waals surface area contributed by atoms with E-state index in [-0.39, 0.29) is 12.6 Å². The molecule has 1 unspecified atom stereocenters. The molecular formula is C14H19N3O4. The summed E-state index contributed by atoms with van der Waals surface area (Å²) in [5, 5.41) is 16.4. The number of benzene rings is 1. The Bertz CT molecular complexity index is 502. The van der Waals surface area contributed by atoms with Crippen molar-refractivity contribution in [2.45, 2.75) is 25.9 Å². The van der Waals surface area contributed by atoms with Gasteiger partial charge in [-0.1, -0.05) is 30.3 Å². The van der Waals surface area contributed by atoms with Crippen LogP contribution in [-0.2, 0) is 9.59 Å². The molecule has 0 spiro atoms. The lowest BCUT2D eigenvalue weighted by Crippen LogP contribution is -2.46. The van der Waals surface area contributed by atoms with Gasteiger partial charge < -0.3 is 10.4 Å². The highest BCUT2D eigenvalue weighted by Crippen LogP contribution is 2.11. The number of urea groups is 1. The zero-order valence-electron chi connectivity index (χ0n) is 11.9. The third-order valence-corrected chi connectivity index (χ3v) is 2.52. The average Bonchev–Trinajstić information content (AvgIpc) is 2.38. The number of carboxylic acids is 1. The number of nitrogens with one attached hydrogen (secondary N) is 3. The minimum absolute atomic E-state index is 0.0955. The summed E-state index contributed by atoms with van der Waals surface area (Å²) in [7, 11) is 0. The van der Waals surface area contributed by atoms with E-state index < -0.39 is 23.9 Å². The molecule has 1 rings (SSSR count).